The van der Waals surface area contributed by atoms with Crippen LogP contribution < -0.4 is 14.5 Å². The highest BCUT2D eigenvalue weighted by molar-refractivity contribution is 6.74. The van der Waals surface area contributed by atoms with Gasteiger partial charge in [0.15, 0.2) is 5.75 Å². The highest BCUT2D eigenvalue weighted by Gasteiger charge is 2.73. The number of hydrogen-bond acceptors (Lipinski definition) is 5. The minimum absolute atomic E-state index is 0.0425. The van der Waals surface area contributed by atoms with E-state index in [9.17, 15) is 9.90 Å². The van der Waals surface area contributed by atoms with Crippen LogP contribution in [-0.2, 0) is 16.6 Å². The van der Waals surface area contributed by atoms with Crippen LogP contribution in [0.1, 0.15) is 69.6 Å². The van der Waals surface area contributed by atoms with Crippen molar-refractivity contribution < 1.29 is 19.1 Å². The van der Waals surface area contributed by atoms with Crippen molar-refractivity contribution in [1.82, 2.24) is 10.2 Å². The number of amides is 1. The zero-order valence-corrected chi connectivity index (χ0v) is 26.8. The van der Waals surface area contributed by atoms with E-state index in [4.69, 9.17) is 9.16 Å². The maximum atomic E-state index is 13.3. The fourth-order valence-corrected chi connectivity index (χ4v) is 9.11. The highest BCUT2D eigenvalue weighted by atomic mass is 28.4. The summed E-state index contributed by atoms with van der Waals surface area (Å²) in [6.07, 6.45) is 8.74. The molecule has 2 aromatic rings. The lowest BCUT2D eigenvalue weighted by Gasteiger charge is -2.64. The topological polar surface area (TPSA) is 71.0 Å². The van der Waals surface area contributed by atoms with Crippen molar-refractivity contribution in [2.45, 2.75) is 107 Å². The summed E-state index contributed by atoms with van der Waals surface area (Å²) in [7, 11) is -2.14. The van der Waals surface area contributed by atoms with Gasteiger partial charge in [-0.3, -0.25) is 9.69 Å². The van der Waals surface area contributed by atoms with Gasteiger partial charge in [-0.25, -0.2) is 0 Å². The predicted molar refractivity (Wildman–Crippen MR) is 168 cm³/mol. The molecule has 1 spiro atoms. The molecule has 0 radical (unpaired) electrons. The van der Waals surface area contributed by atoms with Gasteiger partial charge in [0.25, 0.3) is 8.32 Å². The molecular formula is C35H46N2O4Si. The number of aliphatic hydroxyl groups is 1. The summed E-state index contributed by atoms with van der Waals surface area (Å²) in [6.45, 7) is 13.3. The third-order valence-electron chi connectivity index (χ3n) is 11.5. The van der Waals surface area contributed by atoms with Gasteiger partial charge < -0.3 is 19.6 Å². The molecule has 0 aromatic heterocycles. The number of nitrogens with zero attached hydrogens (tertiary/aromatic N) is 1. The molecular weight excluding hydrogens is 540 g/mol. The normalized spacial score (nSPS) is 31.9. The first-order valence-electron chi connectivity index (χ1n) is 15.9. The van der Waals surface area contributed by atoms with E-state index in [0.29, 0.717) is 12.8 Å². The van der Waals surface area contributed by atoms with E-state index in [2.05, 4.69) is 56.2 Å². The van der Waals surface area contributed by atoms with Crippen molar-refractivity contribution in [3.05, 3.63) is 65.2 Å². The molecule has 5 atom stereocenters. The minimum atomic E-state index is -2.14. The number of nitrogens with one attached hydrogen (secondary N) is 1. The Balaban J connectivity index is 1.27. The number of rotatable bonds is 7. The second-order valence-electron chi connectivity index (χ2n) is 15.0. The van der Waals surface area contributed by atoms with Gasteiger partial charge in [-0.1, -0.05) is 57.2 Å². The lowest BCUT2D eigenvalue weighted by Crippen LogP contribution is -2.78. The van der Waals surface area contributed by atoms with E-state index in [1.807, 2.05) is 36.4 Å². The summed E-state index contributed by atoms with van der Waals surface area (Å²) in [5.74, 6) is 2.26. The minimum Gasteiger partial charge on any atom is -0.541 e. The van der Waals surface area contributed by atoms with Crippen LogP contribution in [0, 0.1) is 5.92 Å². The SMILES string of the molecule is CC(C)(C)[Si](C)(C)Oc1ccc2c3c1O[C@H]1[C@H](NC(=O)/C=C/c4ccccc4)CC[C@@]4(O)[C@@H](C2)N(CC2CC2)CC[C@]314. The summed E-state index contributed by atoms with van der Waals surface area (Å²) in [5, 5.41) is 16.2. The second-order valence-corrected chi connectivity index (χ2v) is 19.8. The van der Waals surface area contributed by atoms with Crippen molar-refractivity contribution in [1.29, 1.82) is 0 Å². The van der Waals surface area contributed by atoms with Gasteiger partial charge in [-0.15, -0.1) is 0 Å². The van der Waals surface area contributed by atoms with Crippen LogP contribution in [0.25, 0.3) is 6.08 Å². The fourth-order valence-electron chi connectivity index (χ4n) is 8.09. The van der Waals surface area contributed by atoms with Crippen molar-refractivity contribution in [3.8, 4) is 11.5 Å². The van der Waals surface area contributed by atoms with Crippen LogP contribution in [0.4, 0.5) is 0 Å². The molecule has 42 heavy (non-hydrogen) atoms. The van der Waals surface area contributed by atoms with Crippen LogP contribution in [0.5, 0.6) is 11.5 Å². The Bertz CT molecular complexity index is 1410. The first-order valence-corrected chi connectivity index (χ1v) is 18.9. The molecule has 7 heteroatoms. The van der Waals surface area contributed by atoms with E-state index in [1.165, 1.54) is 18.4 Å². The molecule has 1 amide bonds. The molecule has 6 nitrogen and oxygen atoms in total. The van der Waals surface area contributed by atoms with E-state index < -0.39 is 19.3 Å². The lowest BCUT2D eigenvalue weighted by molar-refractivity contribution is -0.192. The Morgan fingerprint density at radius 1 is 1.14 bits per heavy atom. The molecule has 3 aliphatic carbocycles. The Morgan fingerprint density at radius 2 is 1.90 bits per heavy atom. The smallest absolute Gasteiger partial charge is 0.250 e. The predicted octanol–water partition coefficient (Wildman–Crippen LogP) is 5.83. The van der Waals surface area contributed by atoms with Gasteiger partial charge in [0.2, 0.25) is 5.91 Å². The Labute approximate surface area is 251 Å². The molecule has 2 saturated carbocycles. The standard InChI is InChI=1S/C35H46N2O4Si/c1-33(2,3)42(4,5)41-27-15-14-25-21-28-35(39)18-17-26(36-29(38)16-13-23-9-7-6-8-10-23)32-34(35,30(25)31(27)40-32)19-20-37(28)22-24-11-12-24/h6-10,13-16,24,26,28,32,39H,11-12,17-22H2,1-5H3,(H,36,38)/b16-13+/t26-,28-,32+,34+,35-/m1/s1. The number of ether oxygens (including phenoxy) is 1. The summed E-state index contributed by atoms with van der Waals surface area (Å²) in [5.41, 5.74) is 1.96. The van der Waals surface area contributed by atoms with Crippen LogP contribution in [0.3, 0.4) is 0 Å². The fraction of sp³-hybridized carbons (Fsp3) is 0.571. The molecule has 0 unspecified atom stereocenters. The van der Waals surface area contributed by atoms with Crippen LogP contribution in [0.15, 0.2) is 48.5 Å². The van der Waals surface area contributed by atoms with Gasteiger partial charge in [-0.2, -0.15) is 0 Å². The highest BCUT2D eigenvalue weighted by Crippen LogP contribution is 2.66. The lowest BCUT2D eigenvalue weighted by atomic mass is 9.48. The Morgan fingerprint density at radius 3 is 2.62 bits per heavy atom. The van der Waals surface area contributed by atoms with Crippen molar-refractivity contribution in [2.24, 2.45) is 5.92 Å². The quantitative estimate of drug-likeness (QED) is 0.316. The first-order chi connectivity index (χ1) is 19.9. The summed E-state index contributed by atoms with van der Waals surface area (Å²) < 4.78 is 13.9. The molecule has 1 saturated heterocycles. The van der Waals surface area contributed by atoms with E-state index >= 15 is 0 Å². The molecule has 2 N–H and O–H groups in total. The van der Waals surface area contributed by atoms with Crippen LogP contribution in [-0.4, -0.2) is 61.1 Å². The van der Waals surface area contributed by atoms with Crippen LogP contribution in [0.2, 0.25) is 18.1 Å². The Hall–Kier alpha value is -2.61. The zero-order chi connectivity index (χ0) is 29.5. The van der Waals surface area contributed by atoms with Crippen LogP contribution >= 0.6 is 0 Å². The average Bonchev–Trinajstić information content (AvgIpc) is 3.68. The molecule has 5 aliphatic rings. The third kappa shape index (κ3) is 4.29. The average molecular weight is 587 g/mol. The van der Waals surface area contributed by atoms with Crippen molar-refractivity contribution in [2.75, 3.05) is 13.1 Å². The number of benzene rings is 2. The molecule has 3 fully saturated rings. The first kappa shape index (κ1) is 28.2. The van der Waals surface area contributed by atoms with E-state index in [0.717, 1.165) is 54.5 Å². The maximum absolute atomic E-state index is 13.3. The summed E-state index contributed by atoms with van der Waals surface area (Å²) in [4.78, 5) is 15.8. The third-order valence-corrected chi connectivity index (χ3v) is 15.8. The number of carbonyl (C=O) groups excluding carboxylic acids is 1. The Kier molecular flexibility index (Phi) is 6.50. The van der Waals surface area contributed by atoms with Gasteiger partial charge in [0.05, 0.1) is 17.1 Å². The van der Waals surface area contributed by atoms with Gasteiger partial charge >= 0.3 is 0 Å². The summed E-state index contributed by atoms with van der Waals surface area (Å²) >= 11 is 0. The summed E-state index contributed by atoms with van der Waals surface area (Å²) in [6, 6.07) is 14.1. The largest absolute Gasteiger partial charge is 0.541 e. The maximum Gasteiger partial charge on any atom is 0.250 e. The molecule has 7 rings (SSSR count). The van der Waals surface area contributed by atoms with Gasteiger partial charge in [0.1, 0.15) is 11.9 Å². The number of hydrogen-bond donors (Lipinski definition) is 2. The molecule has 2 heterocycles. The molecule has 2 aromatic carbocycles. The van der Waals surface area contributed by atoms with Gasteiger partial charge in [0, 0.05) is 24.2 Å². The van der Waals surface area contributed by atoms with Crippen molar-refractivity contribution in [3.63, 3.8) is 0 Å². The van der Waals surface area contributed by atoms with Crippen molar-refractivity contribution >= 4 is 20.3 Å². The second kappa shape index (κ2) is 9.70. The number of carbonyl (C=O) groups is 1. The van der Waals surface area contributed by atoms with Gasteiger partial charge in [-0.05, 0) is 92.4 Å². The zero-order valence-electron chi connectivity index (χ0n) is 25.8. The molecule has 2 bridgehead atoms. The molecule has 2 aliphatic heterocycles. The monoisotopic (exact) mass is 586 g/mol. The number of likely N-dealkylation sites (tertiary alicyclic amines) is 1. The van der Waals surface area contributed by atoms with E-state index in [1.54, 1.807) is 6.08 Å². The van der Waals surface area contributed by atoms with E-state index in [-0.39, 0.29) is 29.1 Å². The number of piperidine rings is 1. The molecule has 224 valence electrons.